The minimum atomic E-state index is 0.0100. The molecule has 0 aliphatic rings. The maximum Gasteiger partial charge on any atom is 0.292 e. The Morgan fingerprint density at radius 2 is 1.67 bits per heavy atom. The first kappa shape index (κ1) is 14.6. The number of ether oxygens (including phenoxy) is 1. The zero-order chi connectivity index (χ0) is 15.1. The molecular weight excluding hydrogens is 264 g/mol. The van der Waals surface area contributed by atoms with Crippen LogP contribution in [0.3, 0.4) is 0 Å². The molecule has 0 fully saturated rings. The minimum absolute atomic E-state index is 0.0100. The van der Waals surface area contributed by atoms with Gasteiger partial charge in [-0.2, -0.15) is 0 Å². The van der Waals surface area contributed by atoms with E-state index >= 15 is 0 Å². The van der Waals surface area contributed by atoms with Gasteiger partial charge < -0.3 is 10.1 Å². The molecule has 0 spiro atoms. The molecule has 4 nitrogen and oxygen atoms in total. The van der Waals surface area contributed by atoms with Crippen LogP contribution < -0.4 is 10.1 Å². The number of rotatable bonds is 5. The molecule has 0 unspecified atom stereocenters. The first-order valence-corrected chi connectivity index (χ1v) is 6.75. The SMILES string of the molecule is CCC(=O)Nc1ccc(Cc2ccc(OC#N)cc2)cc1. The number of amides is 1. The van der Waals surface area contributed by atoms with Gasteiger partial charge in [-0.1, -0.05) is 31.2 Å². The molecule has 1 amide bonds. The van der Waals surface area contributed by atoms with E-state index in [0.717, 1.165) is 23.2 Å². The Morgan fingerprint density at radius 3 is 2.19 bits per heavy atom. The Morgan fingerprint density at radius 1 is 1.10 bits per heavy atom. The van der Waals surface area contributed by atoms with Crippen LogP contribution in [0, 0.1) is 11.5 Å². The van der Waals surface area contributed by atoms with Crippen molar-refractivity contribution in [3.63, 3.8) is 0 Å². The van der Waals surface area contributed by atoms with Gasteiger partial charge in [0.1, 0.15) is 5.75 Å². The summed E-state index contributed by atoms with van der Waals surface area (Å²) in [5, 5.41) is 11.2. The molecule has 2 rings (SSSR count). The number of nitrogens with one attached hydrogen (secondary N) is 1. The summed E-state index contributed by atoms with van der Waals surface area (Å²) < 4.78 is 4.74. The Balaban J connectivity index is 1.99. The van der Waals surface area contributed by atoms with Crippen molar-refractivity contribution >= 4 is 11.6 Å². The van der Waals surface area contributed by atoms with Crippen LogP contribution >= 0.6 is 0 Å². The minimum Gasteiger partial charge on any atom is -0.388 e. The van der Waals surface area contributed by atoms with Crippen LogP contribution in [-0.4, -0.2) is 5.91 Å². The number of nitriles is 1. The lowest BCUT2D eigenvalue weighted by molar-refractivity contribution is -0.115. The molecule has 0 bridgehead atoms. The van der Waals surface area contributed by atoms with Gasteiger partial charge in [-0.05, 0) is 41.8 Å². The molecule has 0 radical (unpaired) electrons. The van der Waals surface area contributed by atoms with Crippen molar-refractivity contribution in [2.45, 2.75) is 19.8 Å². The van der Waals surface area contributed by atoms with Crippen LogP contribution in [0.25, 0.3) is 0 Å². The molecule has 106 valence electrons. The van der Waals surface area contributed by atoms with Gasteiger partial charge in [-0.3, -0.25) is 4.79 Å². The molecule has 2 aromatic rings. The maximum absolute atomic E-state index is 11.3. The zero-order valence-corrected chi connectivity index (χ0v) is 11.8. The van der Waals surface area contributed by atoms with Crippen molar-refractivity contribution in [2.24, 2.45) is 0 Å². The highest BCUT2D eigenvalue weighted by Crippen LogP contribution is 2.17. The summed E-state index contributed by atoms with van der Waals surface area (Å²) in [6.45, 7) is 1.82. The van der Waals surface area contributed by atoms with E-state index in [9.17, 15) is 4.79 Å². The second-order valence-electron chi connectivity index (χ2n) is 4.61. The number of nitrogens with zero attached hydrogens (tertiary/aromatic N) is 1. The standard InChI is InChI=1S/C17H16N2O2/c1-2-17(20)19-15-7-3-13(4-8-15)11-14-5-9-16(10-6-14)21-12-18/h3-10H,2,11H2,1H3,(H,19,20). The summed E-state index contributed by atoms with van der Waals surface area (Å²) >= 11 is 0. The quantitative estimate of drug-likeness (QED) is 0.853. The normalized spacial score (nSPS) is 9.71. The van der Waals surface area contributed by atoms with Gasteiger partial charge in [0.25, 0.3) is 6.26 Å². The van der Waals surface area contributed by atoms with E-state index in [1.807, 2.05) is 43.3 Å². The lowest BCUT2D eigenvalue weighted by Crippen LogP contribution is -2.09. The van der Waals surface area contributed by atoms with Gasteiger partial charge in [0.05, 0.1) is 0 Å². The fourth-order valence-electron chi connectivity index (χ4n) is 1.92. The highest BCUT2D eigenvalue weighted by molar-refractivity contribution is 5.90. The number of hydrogen-bond donors (Lipinski definition) is 1. The molecule has 21 heavy (non-hydrogen) atoms. The van der Waals surface area contributed by atoms with Crippen LogP contribution in [0.2, 0.25) is 0 Å². The van der Waals surface area contributed by atoms with E-state index in [-0.39, 0.29) is 5.91 Å². The van der Waals surface area contributed by atoms with Gasteiger partial charge in [0.2, 0.25) is 5.91 Å². The van der Waals surface area contributed by atoms with Crippen molar-refractivity contribution in [3.05, 3.63) is 59.7 Å². The predicted molar refractivity (Wildman–Crippen MR) is 80.9 cm³/mol. The summed E-state index contributed by atoms with van der Waals surface area (Å²) in [7, 11) is 0. The fourth-order valence-corrected chi connectivity index (χ4v) is 1.92. The van der Waals surface area contributed by atoms with Crippen LogP contribution in [-0.2, 0) is 11.2 Å². The molecule has 4 heteroatoms. The molecule has 0 saturated heterocycles. The Labute approximate surface area is 124 Å². The highest BCUT2D eigenvalue weighted by atomic mass is 16.5. The number of anilines is 1. The Hall–Kier alpha value is -2.80. The van der Waals surface area contributed by atoms with Crippen LogP contribution in [0.1, 0.15) is 24.5 Å². The number of carbonyl (C=O) groups is 1. The van der Waals surface area contributed by atoms with E-state index in [1.54, 1.807) is 18.4 Å². The number of benzene rings is 2. The molecule has 2 aromatic carbocycles. The molecule has 0 aromatic heterocycles. The number of hydrogen-bond acceptors (Lipinski definition) is 3. The van der Waals surface area contributed by atoms with Gasteiger partial charge in [0.15, 0.2) is 0 Å². The molecule has 0 atom stereocenters. The summed E-state index contributed by atoms with van der Waals surface area (Å²) in [5.74, 6) is 0.551. The first-order valence-electron chi connectivity index (χ1n) is 6.75. The van der Waals surface area contributed by atoms with E-state index in [2.05, 4.69) is 5.32 Å². The van der Waals surface area contributed by atoms with E-state index in [4.69, 9.17) is 10.00 Å². The van der Waals surface area contributed by atoms with Crippen LogP contribution in [0.15, 0.2) is 48.5 Å². The molecule has 0 aliphatic heterocycles. The largest absolute Gasteiger partial charge is 0.388 e. The topological polar surface area (TPSA) is 62.1 Å². The van der Waals surface area contributed by atoms with E-state index in [0.29, 0.717) is 12.2 Å². The van der Waals surface area contributed by atoms with Gasteiger partial charge >= 0.3 is 0 Å². The average molecular weight is 280 g/mol. The second kappa shape index (κ2) is 7.11. The van der Waals surface area contributed by atoms with Crippen molar-refractivity contribution in [1.82, 2.24) is 0 Å². The van der Waals surface area contributed by atoms with Crippen molar-refractivity contribution < 1.29 is 9.53 Å². The molecule has 1 N–H and O–H groups in total. The Kier molecular flexibility index (Phi) is 4.94. The summed E-state index contributed by atoms with van der Waals surface area (Å²) in [5.41, 5.74) is 3.09. The zero-order valence-electron chi connectivity index (χ0n) is 11.8. The van der Waals surface area contributed by atoms with Crippen molar-refractivity contribution in [1.29, 1.82) is 5.26 Å². The predicted octanol–water partition coefficient (Wildman–Crippen LogP) is 3.49. The third-order valence-electron chi connectivity index (χ3n) is 3.05. The molecular formula is C17H16N2O2. The van der Waals surface area contributed by atoms with Crippen molar-refractivity contribution in [2.75, 3.05) is 5.32 Å². The second-order valence-corrected chi connectivity index (χ2v) is 4.61. The summed E-state index contributed by atoms with van der Waals surface area (Å²) in [4.78, 5) is 11.3. The lowest BCUT2D eigenvalue weighted by atomic mass is 10.0. The third-order valence-corrected chi connectivity index (χ3v) is 3.05. The fraction of sp³-hybridized carbons (Fsp3) is 0.176. The highest BCUT2D eigenvalue weighted by Gasteiger charge is 2.01. The summed E-state index contributed by atoms with van der Waals surface area (Å²) in [6.07, 6.45) is 2.90. The maximum atomic E-state index is 11.3. The lowest BCUT2D eigenvalue weighted by Gasteiger charge is -2.06. The third kappa shape index (κ3) is 4.36. The molecule has 0 saturated carbocycles. The van der Waals surface area contributed by atoms with Crippen LogP contribution in [0.4, 0.5) is 5.69 Å². The number of carbonyl (C=O) groups excluding carboxylic acids is 1. The first-order chi connectivity index (χ1) is 10.2. The van der Waals surface area contributed by atoms with Crippen LogP contribution in [0.5, 0.6) is 5.75 Å². The smallest absolute Gasteiger partial charge is 0.292 e. The van der Waals surface area contributed by atoms with Gasteiger partial charge in [-0.15, -0.1) is 5.26 Å². The van der Waals surface area contributed by atoms with Crippen molar-refractivity contribution in [3.8, 4) is 12.0 Å². The van der Waals surface area contributed by atoms with E-state index in [1.165, 1.54) is 0 Å². The molecule has 0 heterocycles. The van der Waals surface area contributed by atoms with Gasteiger partial charge in [-0.25, -0.2) is 0 Å². The molecule has 0 aliphatic carbocycles. The summed E-state index contributed by atoms with van der Waals surface area (Å²) in [6, 6.07) is 15.2. The average Bonchev–Trinajstić information content (AvgIpc) is 2.51. The van der Waals surface area contributed by atoms with Gasteiger partial charge in [0, 0.05) is 12.1 Å². The Bertz CT molecular complexity index is 640. The monoisotopic (exact) mass is 280 g/mol. The van der Waals surface area contributed by atoms with E-state index < -0.39 is 0 Å².